The van der Waals surface area contributed by atoms with Crippen LogP contribution in [0.3, 0.4) is 0 Å². The smallest absolute Gasteiger partial charge is 0.243 e. The minimum Gasteiger partial charge on any atom is -0.324 e. The number of ketones is 1. The molecule has 34 heavy (non-hydrogen) atoms. The summed E-state index contributed by atoms with van der Waals surface area (Å²) in [5, 5.41) is 3.60. The number of anilines is 2. The molecule has 2 aliphatic heterocycles. The fourth-order valence-electron chi connectivity index (χ4n) is 4.30. The highest BCUT2D eigenvalue weighted by atomic mass is 35.5. The molecular weight excluding hydrogens is 474 g/mol. The van der Waals surface area contributed by atoms with Crippen LogP contribution in [0.1, 0.15) is 37.4 Å². The first-order valence-corrected chi connectivity index (χ1v) is 13.0. The summed E-state index contributed by atoms with van der Waals surface area (Å²) >= 11 is 6.08. The topological polar surface area (TPSA) is 105 Å². The third-order valence-electron chi connectivity index (χ3n) is 6.37. The number of aliphatic imine (C=N–C) groups is 1. The lowest BCUT2D eigenvalue weighted by molar-refractivity contribution is -0.115. The molecule has 1 fully saturated rings. The molecule has 176 valence electrons. The zero-order valence-electron chi connectivity index (χ0n) is 18.7. The third-order valence-corrected chi connectivity index (χ3v) is 8.54. The van der Waals surface area contributed by atoms with E-state index in [2.05, 4.69) is 27.2 Å². The Hall–Kier alpha value is -2.88. The fourth-order valence-corrected chi connectivity index (χ4v) is 5.89. The second-order valence-electron chi connectivity index (χ2n) is 8.78. The van der Waals surface area contributed by atoms with Crippen molar-refractivity contribution >= 4 is 51.0 Å². The predicted molar refractivity (Wildman–Crippen MR) is 132 cm³/mol. The van der Waals surface area contributed by atoms with Crippen LogP contribution in [0, 0.1) is 5.92 Å². The van der Waals surface area contributed by atoms with Crippen LogP contribution in [-0.2, 0) is 21.2 Å². The van der Waals surface area contributed by atoms with Gasteiger partial charge >= 0.3 is 0 Å². The van der Waals surface area contributed by atoms with Crippen LogP contribution < -0.4 is 5.32 Å². The Morgan fingerprint density at radius 1 is 1.15 bits per heavy atom. The van der Waals surface area contributed by atoms with Gasteiger partial charge in [-0.15, -0.1) is 0 Å². The van der Waals surface area contributed by atoms with Crippen molar-refractivity contribution in [1.29, 1.82) is 0 Å². The maximum absolute atomic E-state index is 13.0. The minimum atomic E-state index is -3.51. The van der Waals surface area contributed by atoms with Crippen molar-refractivity contribution in [2.75, 3.05) is 18.4 Å². The monoisotopic (exact) mass is 497 g/mol. The molecule has 0 radical (unpaired) electrons. The Kier molecular flexibility index (Phi) is 6.09. The van der Waals surface area contributed by atoms with Gasteiger partial charge < -0.3 is 5.32 Å². The summed E-state index contributed by atoms with van der Waals surface area (Å²) < 4.78 is 27.5. The van der Waals surface area contributed by atoms with Crippen LogP contribution in [0.5, 0.6) is 0 Å². The average molecular weight is 498 g/mol. The van der Waals surface area contributed by atoms with Gasteiger partial charge in [-0.05, 0) is 49.4 Å². The summed E-state index contributed by atoms with van der Waals surface area (Å²) in [6.07, 6.45) is 7.29. The van der Waals surface area contributed by atoms with E-state index >= 15 is 0 Å². The highest BCUT2D eigenvalue weighted by Crippen LogP contribution is 2.33. The van der Waals surface area contributed by atoms with E-state index in [0.29, 0.717) is 64.6 Å². The number of fused-ring (bicyclic) bond motifs is 2. The molecule has 1 aromatic heterocycles. The number of nitrogens with zero attached hydrogens (tertiary/aromatic N) is 4. The minimum absolute atomic E-state index is 0.00784. The van der Waals surface area contributed by atoms with Gasteiger partial charge in [-0.25, -0.2) is 18.4 Å². The zero-order valence-corrected chi connectivity index (χ0v) is 20.2. The van der Waals surface area contributed by atoms with Gasteiger partial charge in [-0.2, -0.15) is 4.31 Å². The fraction of sp³-hybridized carbons (Fsp3) is 0.333. The number of nitrogens with one attached hydrogen (secondary N) is 1. The summed E-state index contributed by atoms with van der Waals surface area (Å²) in [6, 6.07) is 6.58. The summed E-state index contributed by atoms with van der Waals surface area (Å²) in [7, 11) is -3.51. The SMILES string of the molecule is CC1CCN(S(=O)(=O)c2ccc(Nc3ncc4c(n3)C3=C(CC=C(Cl)C=N3)C(=O)C4)cc2)CC1. The van der Waals surface area contributed by atoms with Crippen molar-refractivity contribution < 1.29 is 13.2 Å². The first kappa shape index (κ1) is 22.9. The predicted octanol–water partition coefficient (Wildman–Crippen LogP) is 4.07. The number of hydrogen-bond donors (Lipinski definition) is 1. The van der Waals surface area contributed by atoms with Gasteiger partial charge in [0.25, 0.3) is 0 Å². The van der Waals surface area contributed by atoms with Gasteiger partial charge in [0, 0.05) is 48.7 Å². The number of carbonyl (C=O) groups excluding carboxylic acids is 1. The number of allylic oxidation sites excluding steroid dienone is 3. The maximum Gasteiger partial charge on any atom is 0.243 e. The lowest BCUT2D eigenvalue weighted by atomic mass is 9.91. The molecule has 0 spiro atoms. The molecule has 1 N–H and O–H groups in total. The van der Waals surface area contributed by atoms with Crippen LogP contribution in [0.2, 0.25) is 0 Å². The Bertz CT molecular complexity index is 1340. The maximum atomic E-state index is 13.0. The summed E-state index contributed by atoms with van der Waals surface area (Å²) in [5.74, 6) is 0.877. The molecule has 1 aliphatic carbocycles. The van der Waals surface area contributed by atoms with Crippen molar-refractivity contribution in [3.05, 3.63) is 58.4 Å². The number of sulfonamides is 1. The van der Waals surface area contributed by atoms with Crippen molar-refractivity contribution in [2.45, 2.75) is 37.5 Å². The Balaban J connectivity index is 1.37. The number of rotatable bonds is 4. The molecule has 3 heterocycles. The second kappa shape index (κ2) is 9.05. The van der Waals surface area contributed by atoms with Crippen LogP contribution in [0.4, 0.5) is 11.6 Å². The molecule has 0 amide bonds. The molecule has 2 aromatic rings. The highest BCUT2D eigenvalue weighted by Gasteiger charge is 2.29. The first-order chi connectivity index (χ1) is 16.3. The van der Waals surface area contributed by atoms with E-state index < -0.39 is 10.0 Å². The second-order valence-corrected chi connectivity index (χ2v) is 11.2. The summed E-state index contributed by atoms with van der Waals surface area (Å²) in [6.45, 7) is 3.25. The molecular formula is C24H24ClN5O3S. The Labute approximate surface area is 203 Å². The van der Waals surface area contributed by atoms with Crippen molar-refractivity contribution in [3.8, 4) is 0 Å². The Morgan fingerprint density at radius 3 is 2.62 bits per heavy atom. The van der Waals surface area contributed by atoms with Crippen molar-refractivity contribution in [3.63, 3.8) is 0 Å². The van der Waals surface area contributed by atoms with Crippen LogP contribution in [-0.4, -0.2) is 47.8 Å². The molecule has 0 unspecified atom stereocenters. The van der Waals surface area contributed by atoms with Gasteiger partial charge in [0.05, 0.1) is 21.3 Å². The van der Waals surface area contributed by atoms with E-state index in [4.69, 9.17) is 11.6 Å². The van der Waals surface area contributed by atoms with Crippen molar-refractivity contribution in [2.24, 2.45) is 10.9 Å². The van der Waals surface area contributed by atoms with E-state index in [1.165, 1.54) is 6.21 Å². The van der Waals surface area contributed by atoms with Crippen LogP contribution in [0.25, 0.3) is 5.70 Å². The molecule has 5 rings (SSSR count). The number of Topliss-reactive ketones (excluding diaryl/α,β-unsaturated/α-hetero) is 1. The first-order valence-electron chi connectivity index (χ1n) is 11.2. The van der Waals surface area contributed by atoms with E-state index in [1.54, 1.807) is 40.8 Å². The molecule has 0 atom stereocenters. The standard InChI is InChI=1S/C24H24ClN5O3S/c1-15-8-10-30(11-9-15)34(32,33)19-5-3-18(4-6-19)28-24-27-13-16-12-21(31)20-7-2-17(25)14-26-23(20)22(16)29-24/h2-6,13-15H,7-12H2,1H3,(H,27,28,29). The van der Waals surface area contributed by atoms with Gasteiger partial charge in [0.1, 0.15) is 0 Å². The van der Waals surface area contributed by atoms with Crippen LogP contribution in [0.15, 0.2) is 57.0 Å². The number of hydrogen-bond acceptors (Lipinski definition) is 7. The van der Waals surface area contributed by atoms with E-state index in [0.717, 1.165) is 12.8 Å². The summed E-state index contributed by atoms with van der Waals surface area (Å²) in [4.78, 5) is 26.1. The van der Waals surface area contributed by atoms with Gasteiger partial charge in [-0.1, -0.05) is 24.6 Å². The lowest BCUT2D eigenvalue weighted by Crippen LogP contribution is -2.37. The lowest BCUT2D eigenvalue weighted by Gasteiger charge is -2.29. The van der Waals surface area contributed by atoms with E-state index in [-0.39, 0.29) is 17.1 Å². The highest BCUT2D eigenvalue weighted by molar-refractivity contribution is 7.89. The normalized spacial score (nSPS) is 19.4. The number of carbonyl (C=O) groups is 1. The van der Waals surface area contributed by atoms with Crippen LogP contribution >= 0.6 is 11.6 Å². The largest absolute Gasteiger partial charge is 0.324 e. The van der Waals surface area contributed by atoms with Gasteiger partial charge in [0.2, 0.25) is 16.0 Å². The van der Waals surface area contributed by atoms with Gasteiger partial charge in [-0.3, -0.25) is 9.79 Å². The molecule has 10 heteroatoms. The molecule has 0 bridgehead atoms. The molecule has 0 saturated carbocycles. The van der Waals surface area contributed by atoms with Gasteiger partial charge in [0.15, 0.2) is 5.78 Å². The number of aromatic nitrogens is 2. The van der Waals surface area contributed by atoms with Crippen molar-refractivity contribution in [1.82, 2.24) is 14.3 Å². The number of piperidine rings is 1. The average Bonchev–Trinajstić information content (AvgIpc) is 3.03. The number of halogens is 1. The molecule has 1 saturated heterocycles. The zero-order chi connectivity index (χ0) is 23.9. The quantitative estimate of drug-likeness (QED) is 0.682. The Morgan fingerprint density at radius 2 is 1.88 bits per heavy atom. The third kappa shape index (κ3) is 4.43. The number of benzene rings is 1. The molecule has 1 aromatic carbocycles. The van der Waals surface area contributed by atoms with E-state index in [9.17, 15) is 13.2 Å². The van der Waals surface area contributed by atoms with E-state index in [1.807, 2.05) is 0 Å². The molecule has 8 nitrogen and oxygen atoms in total. The molecule has 3 aliphatic rings. The summed E-state index contributed by atoms with van der Waals surface area (Å²) in [5.41, 5.74) is 3.07.